The quantitative estimate of drug-likeness (QED) is 0.566. The van der Waals surface area contributed by atoms with Crippen LogP contribution >= 0.6 is 0 Å². The highest BCUT2D eigenvalue weighted by molar-refractivity contribution is 5.59. The lowest BCUT2D eigenvalue weighted by molar-refractivity contribution is 0.351. The van der Waals surface area contributed by atoms with Crippen molar-refractivity contribution in [1.29, 1.82) is 0 Å². The molecule has 84 valence electrons. The Labute approximate surface area is 92.3 Å². The van der Waals surface area contributed by atoms with Crippen molar-refractivity contribution in [3.8, 4) is 11.9 Å². The molecule has 6 nitrogen and oxygen atoms in total. The van der Waals surface area contributed by atoms with Crippen molar-refractivity contribution in [3.63, 3.8) is 0 Å². The van der Waals surface area contributed by atoms with Gasteiger partial charge in [0.2, 0.25) is 12.0 Å². The Balaban J connectivity index is 2.56. The average Bonchev–Trinajstić information content (AvgIpc) is 3.13. The fourth-order valence-electron chi connectivity index (χ4n) is 1.46. The Kier molecular flexibility index (Phi) is 2.83. The number of nitrogens with zero attached hydrogens (tertiary/aromatic N) is 3. The molecule has 1 fully saturated rings. The molecule has 0 saturated heterocycles. The summed E-state index contributed by atoms with van der Waals surface area (Å²) >= 11 is 0. The number of carbonyl (C=O) groups excluding carboxylic acids is 1. The number of ether oxygens (including phenoxy) is 2. The van der Waals surface area contributed by atoms with Crippen LogP contribution in [-0.4, -0.2) is 30.3 Å². The van der Waals surface area contributed by atoms with Crippen LogP contribution in [0.15, 0.2) is 4.99 Å². The number of isocyanates is 1. The average molecular weight is 221 g/mol. The van der Waals surface area contributed by atoms with Gasteiger partial charge in [-0.15, -0.1) is 0 Å². The van der Waals surface area contributed by atoms with Gasteiger partial charge in [-0.3, -0.25) is 0 Å². The van der Waals surface area contributed by atoms with Crippen molar-refractivity contribution < 1.29 is 14.3 Å². The van der Waals surface area contributed by atoms with Crippen LogP contribution in [0.5, 0.6) is 11.9 Å². The molecular weight excluding hydrogens is 210 g/mol. The molecule has 0 bridgehead atoms. The van der Waals surface area contributed by atoms with E-state index in [0.29, 0.717) is 17.3 Å². The highest BCUT2D eigenvalue weighted by Crippen LogP contribution is 2.46. The lowest BCUT2D eigenvalue weighted by Crippen LogP contribution is -2.00. The number of hydrogen-bond donors (Lipinski definition) is 0. The van der Waals surface area contributed by atoms with Gasteiger partial charge in [0.05, 0.1) is 19.9 Å². The molecule has 16 heavy (non-hydrogen) atoms. The number of aliphatic imine (C=N–C) groups is 1. The van der Waals surface area contributed by atoms with E-state index in [4.69, 9.17) is 9.47 Å². The normalized spacial score (nSPS) is 14.1. The smallest absolute Gasteiger partial charge is 0.319 e. The predicted octanol–water partition coefficient (Wildman–Crippen LogP) is 1.34. The maximum absolute atomic E-state index is 10.4. The maximum Gasteiger partial charge on any atom is 0.319 e. The molecule has 1 saturated carbocycles. The van der Waals surface area contributed by atoms with Crippen LogP contribution in [0.4, 0.5) is 5.69 Å². The zero-order valence-electron chi connectivity index (χ0n) is 9.06. The van der Waals surface area contributed by atoms with Gasteiger partial charge in [-0.1, -0.05) is 0 Å². The van der Waals surface area contributed by atoms with Crippen molar-refractivity contribution in [2.45, 2.75) is 18.8 Å². The Bertz CT molecular complexity index is 451. The Morgan fingerprint density at radius 3 is 2.56 bits per heavy atom. The van der Waals surface area contributed by atoms with Crippen LogP contribution < -0.4 is 9.47 Å². The summed E-state index contributed by atoms with van der Waals surface area (Å²) in [4.78, 5) is 22.1. The lowest BCUT2D eigenvalue weighted by atomic mass is 10.2. The maximum atomic E-state index is 10.4. The van der Waals surface area contributed by atoms with Crippen molar-refractivity contribution in [2.24, 2.45) is 4.99 Å². The number of rotatable bonds is 4. The van der Waals surface area contributed by atoms with Crippen molar-refractivity contribution in [1.82, 2.24) is 9.97 Å². The molecule has 0 aliphatic heterocycles. The topological polar surface area (TPSA) is 73.7 Å². The van der Waals surface area contributed by atoms with Crippen LogP contribution in [0.1, 0.15) is 24.5 Å². The van der Waals surface area contributed by atoms with E-state index in [2.05, 4.69) is 15.0 Å². The SMILES string of the molecule is COc1nc(OC)c(N=C=O)c(C2CC2)n1. The number of aromatic nitrogens is 2. The summed E-state index contributed by atoms with van der Waals surface area (Å²) in [5.41, 5.74) is 1.06. The molecule has 0 atom stereocenters. The van der Waals surface area contributed by atoms with Gasteiger partial charge in [0.1, 0.15) is 0 Å². The van der Waals surface area contributed by atoms with E-state index in [9.17, 15) is 4.79 Å². The molecule has 1 aliphatic rings. The molecule has 1 aliphatic carbocycles. The lowest BCUT2D eigenvalue weighted by Gasteiger charge is -2.08. The first kappa shape index (κ1) is 10.6. The van der Waals surface area contributed by atoms with Crippen molar-refractivity contribution in [2.75, 3.05) is 14.2 Å². The third-order valence-electron chi connectivity index (χ3n) is 2.36. The second-order valence-corrected chi connectivity index (χ2v) is 3.43. The third kappa shape index (κ3) is 1.87. The molecule has 1 aromatic rings. The summed E-state index contributed by atoms with van der Waals surface area (Å²) in [6, 6.07) is 0.226. The summed E-state index contributed by atoms with van der Waals surface area (Å²) in [7, 11) is 2.94. The van der Waals surface area contributed by atoms with E-state index in [1.54, 1.807) is 0 Å². The minimum absolute atomic E-state index is 0.226. The van der Waals surface area contributed by atoms with Gasteiger partial charge in [-0.2, -0.15) is 15.0 Å². The van der Waals surface area contributed by atoms with E-state index in [1.807, 2.05) is 0 Å². The molecule has 0 unspecified atom stereocenters. The number of methoxy groups -OCH3 is 2. The second kappa shape index (κ2) is 4.28. The standard InChI is InChI=1S/C10H11N3O3/c1-15-9-8(11-5-14)7(6-3-4-6)12-10(13-9)16-2/h6H,3-4H2,1-2H3. The molecule has 1 heterocycles. The van der Waals surface area contributed by atoms with Crippen LogP contribution in [0.3, 0.4) is 0 Å². The minimum Gasteiger partial charge on any atom is -0.479 e. The predicted molar refractivity (Wildman–Crippen MR) is 54.9 cm³/mol. The van der Waals surface area contributed by atoms with Gasteiger partial charge in [0.15, 0.2) is 5.69 Å². The van der Waals surface area contributed by atoms with Crippen LogP contribution in [0.2, 0.25) is 0 Å². The fraction of sp³-hybridized carbons (Fsp3) is 0.500. The minimum atomic E-state index is 0.226. The van der Waals surface area contributed by atoms with E-state index >= 15 is 0 Å². The van der Waals surface area contributed by atoms with Crippen molar-refractivity contribution in [3.05, 3.63) is 5.69 Å². The molecule has 2 rings (SSSR count). The summed E-state index contributed by atoms with van der Waals surface area (Å²) < 4.78 is 10.0. The van der Waals surface area contributed by atoms with Gasteiger partial charge in [0, 0.05) is 5.92 Å². The zero-order valence-corrected chi connectivity index (χ0v) is 9.06. The highest BCUT2D eigenvalue weighted by atomic mass is 16.5. The Hall–Kier alpha value is -1.94. The van der Waals surface area contributed by atoms with E-state index < -0.39 is 0 Å². The van der Waals surface area contributed by atoms with Gasteiger partial charge in [0.25, 0.3) is 0 Å². The first-order valence-electron chi connectivity index (χ1n) is 4.88. The molecule has 1 aromatic heterocycles. The zero-order chi connectivity index (χ0) is 11.5. The van der Waals surface area contributed by atoms with Crippen LogP contribution in [0, 0.1) is 0 Å². The Morgan fingerprint density at radius 1 is 1.31 bits per heavy atom. The summed E-state index contributed by atoms with van der Waals surface area (Å²) in [6.45, 7) is 0. The molecule has 6 heteroatoms. The van der Waals surface area contributed by atoms with Crippen LogP contribution in [0.25, 0.3) is 0 Å². The largest absolute Gasteiger partial charge is 0.479 e. The van der Waals surface area contributed by atoms with Gasteiger partial charge < -0.3 is 9.47 Å². The molecule has 0 radical (unpaired) electrons. The van der Waals surface area contributed by atoms with Gasteiger partial charge in [-0.05, 0) is 12.8 Å². The highest BCUT2D eigenvalue weighted by Gasteiger charge is 2.31. The summed E-state index contributed by atoms with van der Waals surface area (Å²) in [6.07, 6.45) is 3.56. The van der Waals surface area contributed by atoms with Gasteiger partial charge in [-0.25, -0.2) is 4.79 Å². The summed E-state index contributed by atoms with van der Waals surface area (Å²) in [5.74, 6) is 0.565. The number of hydrogen-bond acceptors (Lipinski definition) is 6. The summed E-state index contributed by atoms with van der Waals surface area (Å²) in [5, 5.41) is 0. The fourth-order valence-corrected chi connectivity index (χ4v) is 1.46. The Morgan fingerprint density at radius 2 is 2.06 bits per heavy atom. The monoisotopic (exact) mass is 221 g/mol. The van der Waals surface area contributed by atoms with Gasteiger partial charge >= 0.3 is 6.01 Å². The first-order valence-corrected chi connectivity index (χ1v) is 4.88. The molecular formula is C10H11N3O3. The van der Waals surface area contributed by atoms with Crippen LogP contribution in [-0.2, 0) is 4.79 Å². The molecule has 0 amide bonds. The molecule has 0 spiro atoms. The van der Waals surface area contributed by atoms with E-state index in [0.717, 1.165) is 12.8 Å². The van der Waals surface area contributed by atoms with E-state index in [1.165, 1.54) is 20.3 Å². The first-order chi connectivity index (χ1) is 7.80. The third-order valence-corrected chi connectivity index (χ3v) is 2.36. The van der Waals surface area contributed by atoms with E-state index in [-0.39, 0.29) is 11.9 Å². The van der Waals surface area contributed by atoms with Crippen molar-refractivity contribution >= 4 is 11.8 Å². The molecule has 0 aromatic carbocycles. The molecule has 0 N–H and O–H groups in total. The second-order valence-electron chi connectivity index (χ2n) is 3.43.